The summed E-state index contributed by atoms with van der Waals surface area (Å²) >= 11 is 2.55. The van der Waals surface area contributed by atoms with E-state index >= 15 is 0 Å². The van der Waals surface area contributed by atoms with Gasteiger partial charge >= 0.3 is 12.1 Å². The van der Waals surface area contributed by atoms with Gasteiger partial charge in [-0.1, -0.05) is 0 Å². The lowest BCUT2D eigenvalue weighted by Gasteiger charge is -2.13. The van der Waals surface area contributed by atoms with Gasteiger partial charge in [0.15, 0.2) is 0 Å². The van der Waals surface area contributed by atoms with Crippen molar-refractivity contribution in [1.29, 1.82) is 0 Å². The number of hydrogen-bond acceptors (Lipinski definition) is 2. The molecule has 0 spiro atoms. The SMILES string of the molecule is O=C(O)Cc1nc(C(F)F)c(Br)cc1C(F)(F)F. The van der Waals surface area contributed by atoms with Gasteiger partial charge in [-0.15, -0.1) is 0 Å². The molecule has 0 aliphatic carbocycles. The van der Waals surface area contributed by atoms with Gasteiger partial charge in [0.25, 0.3) is 6.43 Å². The number of hydrogen-bond donors (Lipinski definition) is 1. The van der Waals surface area contributed by atoms with Crippen molar-refractivity contribution < 1.29 is 31.9 Å². The van der Waals surface area contributed by atoms with Crippen LogP contribution in [0.3, 0.4) is 0 Å². The molecule has 1 N–H and O–H groups in total. The Morgan fingerprint density at radius 3 is 2.39 bits per heavy atom. The van der Waals surface area contributed by atoms with Gasteiger partial charge in [-0.05, 0) is 22.0 Å². The summed E-state index contributed by atoms with van der Waals surface area (Å²) in [5.74, 6) is -1.59. The highest BCUT2D eigenvalue weighted by molar-refractivity contribution is 9.10. The number of aromatic nitrogens is 1. The molecule has 0 bridgehead atoms. The number of carboxylic acid groups (broad SMARTS) is 1. The molecule has 9 heteroatoms. The quantitative estimate of drug-likeness (QED) is 0.862. The first kappa shape index (κ1) is 14.8. The minimum absolute atomic E-state index is 0.409. The largest absolute Gasteiger partial charge is 0.481 e. The maximum atomic E-state index is 12.6. The van der Waals surface area contributed by atoms with E-state index in [4.69, 9.17) is 5.11 Å². The second-order valence-corrected chi connectivity index (χ2v) is 4.07. The summed E-state index contributed by atoms with van der Waals surface area (Å²) in [6, 6.07) is 0.409. The average molecular weight is 334 g/mol. The van der Waals surface area contributed by atoms with Gasteiger partial charge in [0, 0.05) is 4.47 Å². The van der Waals surface area contributed by atoms with E-state index in [-0.39, 0.29) is 0 Å². The summed E-state index contributed by atoms with van der Waals surface area (Å²) in [4.78, 5) is 13.5. The highest BCUT2D eigenvalue weighted by Crippen LogP contribution is 2.36. The first-order valence-electron chi connectivity index (χ1n) is 4.39. The van der Waals surface area contributed by atoms with Crippen molar-refractivity contribution in [3.63, 3.8) is 0 Å². The molecule has 0 amide bonds. The van der Waals surface area contributed by atoms with Crippen LogP contribution >= 0.6 is 15.9 Å². The van der Waals surface area contributed by atoms with Gasteiger partial charge in [-0.25, -0.2) is 13.8 Å². The van der Waals surface area contributed by atoms with Crippen LogP contribution in [0.5, 0.6) is 0 Å². The molecule has 1 aromatic rings. The Labute approximate surface area is 106 Å². The summed E-state index contributed by atoms with van der Waals surface area (Å²) in [7, 11) is 0. The Hall–Kier alpha value is -1.25. The minimum atomic E-state index is -4.86. The summed E-state index contributed by atoms with van der Waals surface area (Å²) in [6.45, 7) is 0. The highest BCUT2D eigenvalue weighted by atomic mass is 79.9. The first-order chi connectivity index (χ1) is 8.12. The van der Waals surface area contributed by atoms with E-state index in [0.29, 0.717) is 6.07 Å². The highest BCUT2D eigenvalue weighted by Gasteiger charge is 2.36. The molecule has 0 fully saturated rings. The van der Waals surface area contributed by atoms with Crippen molar-refractivity contribution in [2.24, 2.45) is 0 Å². The number of pyridine rings is 1. The number of nitrogens with zero attached hydrogens (tertiary/aromatic N) is 1. The fourth-order valence-corrected chi connectivity index (χ4v) is 1.71. The van der Waals surface area contributed by atoms with Crippen LogP contribution in [0, 0.1) is 0 Å². The van der Waals surface area contributed by atoms with Crippen molar-refractivity contribution in [3.05, 3.63) is 27.5 Å². The number of carboxylic acids is 1. The molecular weight excluding hydrogens is 329 g/mol. The second kappa shape index (κ2) is 5.17. The molecule has 18 heavy (non-hydrogen) atoms. The molecule has 1 rings (SSSR count). The van der Waals surface area contributed by atoms with Crippen molar-refractivity contribution in [1.82, 2.24) is 4.98 Å². The van der Waals surface area contributed by atoms with E-state index in [2.05, 4.69) is 20.9 Å². The van der Waals surface area contributed by atoms with E-state index in [0.717, 1.165) is 0 Å². The van der Waals surface area contributed by atoms with Crippen molar-refractivity contribution in [2.45, 2.75) is 19.0 Å². The first-order valence-corrected chi connectivity index (χ1v) is 5.18. The molecule has 0 saturated heterocycles. The Morgan fingerprint density at radius 1 is 1.44 bits per heavy atom. The smallest absolute Gasteiger partial charge is 0.418 e. The van der Waals surface area contributed by atoms with Crippen LogP contribution in [0.25, 0.3) is 0 Å². The van der Waals surface area contributed by atoms with Crippen molar-refractivity contribution in [2.75, 3.05) is 0 Å². The standard InChI is InChI=1S/C9H5BrF5NO2/c10-4-1-3(9(13,14)15)5(2-6(17)18)16-7(4)8(11)12/h1,8H,2H2,(H,17,18). The van der Waals surface area contributed by atoms with E-state index in [1.165, 1.54) is 0 Å². The zero-order valence-corrected chi connectivity index (χ0v) is 10.0. The second-order valence-electron chi connectivity index (χ2n) is 3.22. The van der Waals surface area contributed by atoms with Crippen LogP contribution in [-0.4, -0.2) is 16.1 Å². The molecule has 0 aliphatic heterocycles. The number of aliphatic carboxylic acids is 1. The van der Waals surface area contributed by atoms with Crippen LogP contribution < -0.4 is 0 Å². The molecule has 0 atom stereocenters. The van der Waals surface area contributed by atoms with Crippen LogP contribution in [-0.2, 0) is 17.4 Å². The molecule has 100 valence electrons. The molecule has 0 unspecified atom stereocenters. The van der Waals surface area contributed by atoms with Gasteiger partial charge < -0.3 is 5.11 Å². The lowest BCUT2D eigenvalue weighted by Crippen LogP contribution is -2.15. The van der Waals surface area contributed by atoms with Gasteiger partial charge in [0.2, 0.25) is 0 Å². The average Bonchev–Trinajstić information content (AvgIpc) is 2.17. The third-order valence-electron chi connectivity index (χ3n) is 1.91. The maximum absolute atomic E-state index is 12.6. The molecule has 3 nitrogen and oxygen atoms in total. The van der Waals surface area contributed by atoms with Gasteiger partial charge in [-0.3, -0.25) is 4.79 Å². The zero-order valence-electron chi connectivity index (χ0n) is 8.43. The molecule has 0 aromatic carbocycles. The summed E-state index contributed by atoms with van der Waals surface area (Å²) in [6.07, 6.45) is -9.04. The van der Waals surface area contributed by atoms with Crippen LogP contribution in [0.1, 0.15) is 23.4 Å². The lowest BCUT2D eigenvalue weighted by atomic mass is 10.1. The number of carbonyl (C=O) groups is 1. The minimum Gasteiger partial charge on any atom is -0.481 e. The molecule has 0 radical (unpaired) electrons. The Morgan fingerprint density at radius 2 is 2.00 bits per heavy atom. The van der Waals surface area contributed by atoms with Crippen LogP contribution in [0.2, 0.25) is 0 Å². The van der Waals surface area contributed by atoms with Crippen molar-refractivity contribution >= 4 is 21.9 Å². The van der Waals surface area contributed by atoms with Gasteiger partial charge in [-0.2, -0.15) is 13.2 Å². The zero-order chi connectivity index (χ0) is 14.1. The molecule has 0 saturated carbocycles. The summed E-state index contributed by atoms with van der Waals surface area (Å²) < 4.78 is 62.1. The number of halogens is 6. The predicted molar refractivity (Wildman–Crippen MR) is 53.2 cm³/mol. The molecule has 1 heterocycles. The Balaban J connectivity index is 3.42. The Kier molecular flexibility index (Phi) is 4.25. The fourth-order valence-electron chi connectivity index (χ4n) is 1.22. The van der Waals surface area contributed by atoms with Crippen LogP contribution in [0.15, 0.2) is 10.5 Å². The summed E-state index contributed by atoms with van der Waals surface area (Å²) in [5.41, 5.74) is -3.20. The normalized spacial score (nSPS) is 11.9. The van der Waals surface area contributed by atoms with Gasteiger partial charge in [0.05, 0.1) is 17.7 Å². The van der Waals surface area contributed by atoms with E-state index in [1.54, 1.807) is 0 Å². The topological polar surface area (TPSA) is 50.2 Å². The molecule has 1 aromatic heterocycles. The van der Waals surface area contributed by atoms with Crippen molar-refractivity contribution in [3.8, 4) is 0 Å². The number of alkyl halides is 5. The van der Waals surface area contributed by atoms with Gasteiger partial charge in [0.1, 0.15) is 5.69 Å². The third kappa shape index (κ3) is 3.37. The monoisotopic (exact) mass is 333 g/mol. The van der Waals surface area contributed by atoms with E-state index in [1.807, 2.05) is 0 Å². The van der Waals surface area contributed by atoms with E-state index < -0.39 is 46.4 Å². The lowest BCUT2D eigenvalue weighted by molar-refractivity contribution is -0.140. The molecule has 0 aliphatic rings. The summed E-state index contributed by atoms with van der Waals surface area (Å²) in [5, 5.41) is 8.45. The predicted octanol–water partition coefficient (Wildman–Crippen LogP) is 3.43. The van der Waals surface area contributed by atoms with E-state index in [9.17, 15) is 26.7 Å². The maximum Gasteiger partial charge on any atom is 0.418 e. The number of rotatable bonds is 3. The third-order valence-corrected chi connectivity index (χ3v) is 2.55. The fraction of sp³-hybridized carbons (Fsp3) is 0.333. The Bertz CT molecular complexity index is 475. The van der Waals surface area contributed by atoms with Crippen LogP contribution in [0.4, 0.5) is 22.0 Å². The molecular formula is C9H5BrF5NO2.